The first-order chi connectivity index (χ1) is 14.5. The molecule has 0 unspecified atom stereocenters. The fourth-order valence-electron chi connectivity index (χ4n) is 1.56. The third-order valence-corrected chi connectivity index (χ3v) is 4.47. The fraction of sp³-hybridized carbons (Fsp3) is 1.00. The maximum atomic E-state index is 13.3. The maximum absolute atomic E-state index is 13.3. The van der Waals surface area contributed by atoms with E-state index in [1.165, 1.54) is 0 Å². The Balaban J connectivity index is 5.76. The average molecular weight is 576 g/mol. The molecule has 0 aromatic rings. The van der Waals surface area contributed by atoms with Crippen molar-refractivity contribution < 1.29 is 96.4 Å². The smallest absolute Gasteiger partial charge is 0.372 e. The molecule has 0 amide bonds. The van der Waals surface area contributed by atoms with E-state index in [-0.39, 0.29) is 0 Å². The van der Waals surface area contributed by atoms with E-state index in [0.29, 0.717) is 0 Å². The molecule has 34 heavy (non-hydrogen) atoms. The van der Waals surface area contributed by atoms with Crippen LogP contribution in [0.3, 0.4) is 0 Å². The van der Waals surface area contributed by atoms with E-state index in [1.807, 2.05) is 0 Å². The molecule has 0 radical (unpaired) electrons. The Morgan fingerprint density at radius 1 is 0.500 bits per heavy atom. The van der Waals surface area contributed by atoms with Gasteiger partial charge in [0.05, 0.1) is 13.2 Å². The van der Waals surface area contributed by atoms with E-state index in [9.17, 15) is 87.4 Å². The zero-order valence-corrected chi connectivity index (χ0v) is 15.8. The molecule has 23 heteroatoms. The predicted octanol–water partition coefficient (Wildman–Crippen LogP) is 5.24. The third kappa shape index (κ3) is 5.23. The van der Waals surface area contributed by atoms with Crippen molar-refractivity contribution in [1.29, 1.82) is 0 Å². The van der Waals surface area contributed by atoms with E-state index < -0.39 is 77.2 Å². The average Bonchev–Trinajstić information content (AvgIpc) is 2.58. The summed E-state index contributed by atoms with van der Waals surface area (Å²) in [5.74, 6) is -48.1. The van der Waals surface area contributed by atoms with Gasteiger partial charge < -0.3 is 4.74 Å². The highest BCUT2D eigenvalue weighted by molar-refractivity contribution is 7.87. The van der Waals surface area contributed by atoms with Crippen LogP contribution in [0.2, 0.25) is 0 Å². The number of halogens is 18. The molecule has 0 spiro atoms. The van der Waals surface area contributed by atoms with Gasteiger partial charge in [-0.15, -0.1) is 0 Å². The van der Waals surface area contributed by atoms with Crippen LogP contribution in [0.15, 0.2) is 0 Å². The predicted molar refractivity (Wildman–Crippen MR) is 67.5 cm³/mol. The van der Waals surface area contributed by atoms with Crippen molar-refractivity contribution in [3.8, 4) is 0 Å². The molecule has 0 saturated carbocycles. The van der Waals surface area contributed by atoms with Crippen LogP contribution in [0.5, 0.6) is 0 Å². The molecule has 0 atom stereocenters. The van der Waals surface area contributed by atoms with Gasteiger partial charge in [-0.2, -0.15) is 87.4 Å². The van der Waals surface area contributed by atoms with Crippen LogP contribution in [0.25, 0.3) is 0 Å². The number of alkyl halides is 18. The molecule has 0 saturated heterocycles. The fourth-order valence-corrected chi connectivity index (χ4v) is 1.98. The minimum atomic E-state index is -8.50. The first-order valence-electron chi connectivity index (χ1n) is 7.33. The summed E-state index contributed by atoms with van der Waals surface area (Å²) in [4.78, 5) is 0. The molecule has 0 aromatic heterocycles. The summed E-state index contributed by atoms with van der Waals surface area (Å²) in [5, 5.41) is 0. The molecule has 0 fully saturated rings. The third-order valence-electron chi connectivity index (χ3n) is 3.43. The Morgan fingerprint density at radius 3 is 1.21 bits per heavy atom. The van der Waals surface area contributed by atoms with Crippen LogP contribution < -0.4 is 0 Å². The van der Waals surface area contributed by atoms with Gasteiger partial charge in [0.1, 0.15) is 6.61 Å². The summed E-state index contributed by atoms with van der Waals surface area (Å²) in [6.45, 7) is -7.15. The molecular weight excluding hydrogens is 570 g/mol. The van der Waals surface area contributed by atoms with Crippen LogP contribution in [-0.4, -0.2) is 75.5 Å². The zero-order chi connectivity index (χ0) is 28.0. The monoisotopic (exact) mass is 576 g/mol. The van der Waals surface area contributed by atoms with Crippen molar-refractivity contribution in [3.63, 3.8) is 0 Å². The van der Waals surface area contributed by atoms with E-state index in [1.54, 1.807) is 0 Å². The quantitative estimate of drug-likeness (QED) is 0.146. The van der Waals surface area contributed by atoms with Gasteiger partial charge in [-0.05, 0) is 0 Å². The summed E-state index contributed by atoms with van der Waals surface area (Å²) >= 11 is 0. The van der Waals surface area contributed by atoms with Crippen LogP contribution in [0.1, 0.15) is 0 Å². The zero-order valence-electron chi connectivity index (χ0n) is 15.0. The van der Waals surface area contributed by atoms with Crippen molar-refractivity contribution >= 4 is 10.1 Å². The lowest BCUT2D eigenvalue weighted by atomic mass is 9.91. The minimum absolute atomic E-state index is 1.91. The van der Waals surface area contributed by atoms with Crippen molar-refractivity contribution in [1.82, 2.24) is 0 Å². The lowest BCUT2D eigenvalue weighted by Gasteiger charge is -2.41. The van der Waals surface area contributed by atoms with Crippen molar-refractivity contribution in [3.05, 3.63) is 0 Å². The second-order valence-electron chi connectivity index (χ2n) is 5.85. The van der Waals surface area contributed by atoms with E-state index in [0.717, 1.165) is 0 Å². The second-order valence-corrected chi connectivity index (χ2v) is 7.46. The summed E-state index contributed by atoms with van der Waals surface area (Å²) in [7, 11) is -6.41. The number of ether oxygens (including phenoxy) is 1. The Bertz CT molecular complexity index is 811. The lowest BCUT2D eigenvalue weighted by molar-refractivity contribution is -0.453. The summed E-state index contributed by atoms with van der Waals surface area (Å²) < 4.78 is 256. The highest BCUT2D eigenvalue weighted by Gasteiger charge is 2.93. The summed E-state index contributed by atoms with van der Waals surface area (Å²) in [6.07, 6.45) is -7.76. The Hall–Kier alpha value is -1.39. The van der Waals surface area contributed by atoms with Gasteiger partial charge in [0.25, 0.3) is 0 Å². The van der Waals surface area contributed by atoms with Gasteiger partial charge in [0, 0.05) is 0 Å². The molecule has 4 nitrogen and oxygen atoms in total. The molecule has 0 aliphatic carbocycles. The number of rotatable bonds is 11. The summed E-state index contributed by atoms with van der Waals surface area (Å²) in [6, 6.07) is 0. The Labute approximate surface area is 174 Å². The first-order valence-corrected chi connectivity index (χ1v) is 8.73. The van der Waals surface area contributed by atoms with Crippen molar-refractivity contribution in [2.24, 2.45) is 0 Å². The van der Waals surface area contributed by atoms with Crippen molar-refractivity contribution in [2.75, 3.05) is 19.8 Å². The molecule has 0 aliphatic rings. The highest BCUT2D eigenvalue weighted by atomic mass is 32.2. The molecule has 0 N–H and O–H groups in total. The molecule has 0 aromatic carbocycles. The molecule has 206 valence electrons. The standard InChI is InChI=1S/C11H6F18O4S/c12-4(13,3-32-1-2-33-34(30,31)11(27,28)29)5(14,15)6(16,17)7(18,19)8(20,21)9(22,23)10(24,25)26/h1-3H2. The van der Waals surface area contributed by atoms with Crippen molar-refractivity contribution in [2.45, 2.75) is 47.2 Å². The lowest BCUT2D eigenvalue weighted by Crippen LogP contribution is -2.73. The van der Waals surface area contributed by atoms with E-state index in [4.69, 9.17) is 0 Å². The van der Waals surface area contributed by atoms with Gasteiger partial charge in [-0.25, -0.2) is 0 Å². The highest BCUT2D eigenvalue weighted by Crippen LogP contribution is 2.62. The molecule has 0 bridgehead atoms. The Kier molecular flexibility index (Phi) is 8.56. The topological polar surface area (TPSA) is 52.6 Å². The van der Waals surface area contributed by atoms with Gasteiger partial charge in [0.2, 0.25) is 0 Å². The van der Waals surface area contributed by atoms with Gasteiger partial charge in [0.15, 0.2) is 0 Å². The first kappa shape index (κ1) is 32.6. The van der Waals surface area contributed by atoms with Gasteiger partial charge >= 0.3 is 57.3 Å². The van der Waals surface area contributed by atoms with Gasteiger partial charge in [-0.1, -0.05) is 0 Å². The van der Waals surface area contributed by atoms with Crippen LogP contribution in [-0.2, 0) is 19.0 Å². The Morgan fingerprint density at radius 2 is 0.853 bits per heavy atom. The summed E-state index contributed by atoms with van der Waals surface area (Å²) in [5.41, 5.74) is -6.10. The van der Waals surface area contributed by atoms with Crippen LogP contribution in [0.4, 0.5) is 79.0 Å². The molecule has 0 heterocycles. The minimum Gasteiger partial charge on any atom is -0.372 e. The number of hydrogen-bond donors (Lipinski definition) is 0. The molecule has 0 rings (SSSR count). The second kappa shape index (κ2) is 8.92. The molecule has 0 aliphatic heterocycles. The van der Waals surface area contributed by atoms with Gasteiger partial charge in [-0.3, -0.25) is 4.18 Å². The largest absolute Gasteiger partial charge is 0.523 e. The van der Waals surface area contributed by atoms with E-state index >= 15 is 0 Å². The number of hydrogen-bond acceptors (Lipinski definition) is 4. The van der Waals surface area contributed by atoms with Crippen LogP contribution in [0, 0.1) is 0 Å². The molecular formula is C11H6F18O4S. The van der Waals surface area contributed by atoms with Crippen LogP contribution >= 0.6 is 0 Å². The normalized spacial score (nSPS) is 16.2. The van der Waals surface area contributed by atoms with E-state index in [2.05, 4.69) is 8.92 Å². The maximum Gasteiger partial charge on any atom is 0.523 e. The SMILES string of the molecule is O=S(=O)(OCCOCC(F)(F)C(F)(F)C(F)(F)C(F)(F)C(F)(F)C(F)(F)C(F)(F)F)C(F)(F)F.